The number of nitrogens with one attached hydrogen (secondary N) is 1. The van der Waals surface area contributed by atoms with E-state index in [9.17, 15) is 0 Å². The second-order valence-electron chi connectivity index (χ2n) is 8.26. The quantitative estimate of drug-likeness (QED) is 0.638. The topological polar surface area (TPSA) is 15.3 Å². The molecule has 0 aromatic rings. The molecule has 124 valence electrons. The molecule has 2 heteroatoms. The average Bonchev–Trinajstić information content (AvgIpc) is 3.26. The fourth-order valence-electron chi connectivity index (χ4n) is 3.80. The Hall–Kier alpha value is -0.0800. The fraction of sp³-hybridized carbons (Fsp3) is 1.00. The summed E-state index contributed by atoms with van der Waals surface area (Å²) < 4.78 is 0. The van der Waals surface area contributed by atoms with Crippen LogP contribution in [-0.4, -0.2) is 36.6 Å². The van der Waals surface area contributed by atoms with Gasteiger partial charge >= 0.3 is 0 Å². The van der Waals surface area contributed by atoms with Crippen molar-refractivity contribution in [3.05, 3.63) is 0 Å². The zero-order valence-corrected chi connectivity index (χ0v) is 14.9. The molecule has 0 amide bonds. The lowest BCUT2D eigenvalue weighted by molar-refractivity contribution is 0.0903. The molecular weight excluding hydrogens is 256 g/mol. The van der Waals surface area contributed by atoms with Crippen LogP contribution in [0.3, 0.4) is 0 Å². The highest BCUT2D eigenvalue weighted by Crippen LogP contribution is 2.34. The van der Waals surface area contributed by atoms with Crippen LogP contribution in [0.2, 0.25) is 0 Å². The summed E-state index contributed by atoms with van der Waals surface area (Å²) in [6.07, 6.45) is 10.0. The molecule has 2 fully saturated rings. The molecule has 0 spiro atoms. The van der Waals surface area contributed by atoms with Crippen molar-refractivity contribution >= 4 is 0 Å². The van der Waals surface area contributed by atoms with Crippen LogP contribution in [0.25, 0.3) is 0 Å². The van der Waals surface area contributed by atoms with Gasteiger partial charge in [0.25, 0.3) is 0 Å². The minimum absolute atomic E-state index is 0.760. The minimum atomic E-state index is 0.760. The van der Waals surface area contributed by atoms with Crippen molar-refractivity contribution in [3.8, 4) is 0 Å². The van der Waals surface area contributed by atoms with Crippen molar-refractivity contribution in [1.29, 1.82) is 0 Å². The van der Waals surface area contributed by atoms with Gasteiger partial charge in [0.15, 0.2) is 0 Å². The molecule has 2 aliphatic rings. The first-order valence-electron chi connectivity index (χ1n) is 9.55. The fourth-order valence-corrected chi connectivity index (χ4v) is 3.80. The molecule has 0 aromatic carbocycles. The first-order chi connectivity index (χ1) is 10.1. The standard InChI is InChI=1S/C19H38N2/c1-15(2)9-7-5-6-8-12-21-14-18(17-10-11-17)20-13-19(21)16(3)4/h15-20H,5-14H2,1-4H3. The maximum Gasteiger partial charge on any atom is 0.0244 e. The normalized spacial score (nSPS) is 27.7. The Morgan fingerprint density at radius 1 is 1.00 bits per heavy atom. The highest BCUT2D eigenvalue weighted by atomic mass is 15.2. The van der Waals surface area contributed by atoms with Gasteiger partial charge in [0, 0.05) is 25.2 Å². The Labute approximate surface area is 133 Å². The van der Waals surface area contributed by atoms with Gasteiger partial charge in [-0.25, -0.2) is 0 Å². The minimum Gasteiger partial charge on any atom is -0.311 e. The van der Waals surface area contributed by atoms with Gasteiger partial charge in [0.05, 0.1) is 0 Å². The Bertz CT molecular complexity index is 283. The maximum atomic E-state index is 3.82. The summed E-state index contributed by atoms with van der Waals surface area (Å²) in [4.78, 5) is 2.81. The smallest absolute Gasteiger partial charge is 0.0244 e. The van der Waals surface area contributed by atoms with Crippen molar-refractivity contribution in [2.75, 3.05) is 19.6 Å². The van der Waals surface area contributed by atoms with E-state index in [0.717, 1.165) is 29.8 Å². The molecule has 1 aliphatic carbocycles. The van der Waals surface area contributed by atoms with Gasteiger partial charge in [-0.05, 0) is 43.6 Å². The van der Waals surface area contributed by atoms with Crippen LogP contribution in [0.4, 0.5) is 0 Å². The molecule has 2 nitrogen and oxygen atoms in total. The monoisotopic (exact) mass is 294 g/mol. The van der Waals surface area contributed by atoms with Crippen LogP contribution in [0, 0.1) is 17.8 Å². The molecule has 2 unspecified atom stereocenters. The van der Waals surface area contributed by atoms with Crippen LogP contribution < -0.4 is 5.32 Å². The van der Waals surface area contributed by atoms with Crippen LogP contribution >= 0.6 is 0 Å². The average molecular weight is 295 g/mol. The second-order valence-corrected chi connectivity index (χ2v) is 8.26. The third kappa shape index (κ3) is 5.90. The summed E-state index contributed by atoms with van der Waals surface area (Å²) in [5.74, 6) is 2.65. The summed E-state index contributed by atoms with van der Waals surface area (Å²) in [6.45, 7) is 13.3. The third-order valence-electron chi connectivity index (χ3n) is 5.43. The molecule has 1 aliphatic heterocycles. The largest absolute Gasteiger partial charge is 0.311 e. The Morgan fingerprint density at radius 3 is 2.33 bits per heavy atom. The Kier molecular flexibility index (Phi) is 7.01. The van der Waals surface area contributed by atoms with Crippen molar-refractivity contribution in [2.45, 2.75) is 84.7 Å². The molecule has 1 saturated carbocycles. The second kappa shape index (κ2) is 8.53. The molecule has 1 saturated heterocycles. The summed E-state index contributed by atoms with van der Waals surface area (Å²) in [5.41, 5.74) is 0. The van der Waals surface area contributed by atoms with Crippen LogP contribution in [-0.2, 0) is 0 Å². The van der Waals surface area contributed by atoms with E-state index in [1.165, 1.54) is 64.6 Å². The van der Waals surface area contributed by atoms with Gasteiger partial charge in [-0.15, -0.1) is 0 Å². The third-order valence-corrected chi connectivity index (χ3v) is 5.43. The summed E-state index contributed by atoms with van der Waals surface area (Å²) in [5, 5.41) is 3.82. The van der Waals surface area contributed by atoms with Gasteiger partial charge in [-0.2, -0.15) is 0 Å². The Morgan fingerprint density at radius 2 is 1.71 bits per heavy atom. The molecule has 1 heterocycles. The van der Waals surface area contributed by atoms with E-state index in [-0.39, 0.29) is 0 Å². The van der Waals surface area contributed by atoms with Gasteiger partial charge < -0.3 is 5.32 Å². The number of nitrogens with zero attached hydrogens (tertiary/aromatic N) is 1. The van der Waals surface area contributed by atoms with E-state index < -0.39 is 0 Å². The Balaban J connectivity index is 1.67. The van der Waals surface area contributed by atoms with Crippen LogP contribution in [0.5, 0.6) is 0 Å². The predicted molar refractivity (Wildman–Crippen MR) is 92.6 cm³/mol. The van der Waals surface area contributed by atoms with Crippen molar-refractivity contribution < 1.29 is 0 Å². The first-order valence-corrected chi connectivity index (χ1v) is 9.55. The van der Waals surface area contributed by atoms with Crippen molar-refractivity contribution in [2.24, 2.45) is 17.8 Å². The van der Waals surface area contributed by atoms with E-state index in [4.69, 9.17) is 0 Å². The van der Waals surface area contributed by atoms with Crippen LogP contribution in [0.1, 0.15) is 72.6 Å². The molecule has 1 N–H and O–H groups in total. The lowest BCUT2D eigenvalue weighted by Crippen LogP contribution is -2.59. The number of unbranched alkanes of at least 4 members (excludes halogenated alkanes) is 3. The zero-order chi connectivity index (χ0) is 15.2. The van der Waals surface area contributed by atoms with Crippen molar-refractivity contribution in [3.63, 3.8) is 0 Å². The van der Waals surface area contributed by atoms with E-state index in [1.807, 2.05) is 0 Å². The van der Waals surface area contributed by atoms with Gasteiger partial charge in [0.1, 0.15) is 0 Å². The highest BCUT2D eigenvalue weighted by molar-refractivity contribution is 4.95. The lowest BCUT2D eigenvalue weighted by Gasteiger charge is -2.42. The number of rotatable bonds is 9. The number of piperazine rings is 1. The molecule has 0 aromatic heterocycles. The van der Waals surface area contributed by atoms with Crippen molar-refractivity contribution in [1.82, 2.24) is 10.2 Å². The highest BCUT2D eigenvalue weighted by Gasteiger charge is 2.37. The summed E-state index contributed by atoms with van der Waals surface area (Å²) in [7, 11) is 0. The van der Waals surface area contributed by atoms with E-state index in [2.05, 4.69) is 37.9 Å². The van der Waals surface area contributed by atoms with Crippen LogP contribution in [0.15, 0.2) is 0 Å². The summed E-state index contributed by atoms with van der Waals surface area (Å²) in [6, 6.07) is 1.55. The van der Waals surface area contributed by atoms with Gasteiger partial charge in [-0.1, -0.05) is 53.4 Å². The van der Waals surface area contributed by atoms with E-state index in [1.54, 1.807) is 0 Å². The number of hydrogen-bond acceptors (Lipinski definition) is 2. The SMILES string of the molecule is CC(C)CCCCCCN1CC(C2CC2)NCC1C(C)C. The predicted octanol–water partition coefficient (Wildman–Crippen LogP) is 4.30. The molecule has 2 rings (SSSR count). The lowest BCUT2D eigenvalue weighted by atomic mass is 9.96. The van der Waals surface area contributed by atoms with Gasteiger partial charge in [0.2, 0.25) is 0 Å². The molecule has 0 bridgehead atoms. The van der Waals surface area contributed by atoms with E-state index in [0.29, 0.717) is 0 Å². The first kappa shape index (κ1) is 17.3. The molecule has 21 heavy (non-hydrogen) atoms. The number of hydrogen-bond donors (Lipinski definition) is 1. The van der Waals surface area contributed by atoms with Gasteiger partial charge in [-0.3, -0.25) is 4.90 Å². The molecule has 2 atom stereocenters. The molecule has 0 radical (unpaired) electrons. The summed E-state index contributed by atoms with van der Waals surface area (Å²) >= 11 is 0. The maximum absolute atomic E-state index is 3.82. The molecular formula is C19H38N2. The van der Waals surface area contributed by atoms with E-state index >= 15 is 0 Å². The zero-order valence-electron chi connectivity index (χ0n) is 14.9.